The number of aryl methyl sites for hydroxylation is 3. The van der Waals surface area contributed by atoms with Crippen molar-refractivity contribution in [1.82, 2.24) is 15.0 Å². The Morgan fingerprint density at radius 2 is 1.59 bits per heavy atom. The van der Waals surface area contributed by atoms with Crippen molar-refractivity contribution < 1.29 is 24.5 Å². The van der Waals surface area contributed by atoms with Gasteiger partial charge in [-0.15, -0.1) is 53.6 Å². The first-order valence-corrected chi connectivity index (χ1v) is 19.5. The van der Waals surface area contributed by atoms with Gasteiger partial charge in [0.25, 0.3) is 0 Å². The maximum Gasteiger partial charge on any atom is 0.216 e. The number of fused-ring (bicyclic) bond motifs is 3. The third kappa shape index (κ3) is 7.74. The fourth-order valence-electron chi connectivity index (χ4n) is 5.78. The number of hydrogen-bond donors (Lipinski definition) is 0. The zero-order valence-corrected chi connectivity index (χ0v) is 32.2. The van der Waals surface area contributed by atoms with Crippen molar-refractivity contribution >= 4 is 35.3 Å². The van der Waals surface area contributed by atoms with Crippen LogP contribution in [0.3, 0.4) is 0 Å². The quantitative estimate of drug-likeness (QED) is 0.124. The van der Waals surface area contributed by atoms with Crippen LogP contribution in [0.4, 0.5) is 0 Å². The molecule has 2 aromatic carbocycles. The summed E-state index contributed by atoms with van der Waals surface area (Å²) < 4.78 is 6.17. The smallest absolute Gasteiger partial charge is 0.216 e. The Balaban J connectivity index is 0.000000215. The molecule has 6 rings (SSSR count). The molecule has 0 atom stereocenters. The molecule has 6 aromatic rings. The van der Waals surface area contributed by atoms with Gasteiger partial charge in [-0.25, -0.2) is 4.98 Å². The van der Waals surface area contributed by atoms with E-state index in [1.807, 2.05) is 43.5 Å². The van der Waals surface area contributed by atoms with Gasteiger partial charge in [-0.3, -0.25) is 0 Å². The minimum Gasteiger partial charge on any atom is -0.486 e. The van der Waals surface area contributed by atoms with E-state index in [0.29, 0.717) is 17.5 Å². The van der Waals surface area contributed by atoms with E-state index in [-0.39, 0.29) is 20.1 Å². The second-order valence-corrected chi connectivity index (χ2v) is 18.9. The molecule has 0 saturated carbocycles. The van der Waals surface area contributed by atoms with Crippen LogP contribution in [0, 0.1) is 38.8 Å². The van der Waals surface area contributed by atoms with Crippen LogP contribution in [0.15, 0.2) is 71.4 Å². The summed E-state index contributed by atoms with van der Waals surface area (Å²) >= 11 is 0. The van der Waals surface area contributed by atoms with Gasteiger partial charge in [0.1, 0.15) is 0 Å². The fourth-order valence-corrected chi connectivity index (χ4v) is 7.46. The molecule has 0 aliphatic heterocycles. The van der Waals surface area contributed by atoms with Crippen molar-refractivity contribution in [2.75, 3.05) is 0 Å². The Bertz CT molecular complexity index is 1960. The average molecular weight is 804 g/mol. The van der Waals surface area contributed by atoms with Gasteiger partial charge in [0, 0.05) is 43.6 Å². The van der Waals surface area contributed by atoms with Gasteiger partial charge in [-0.2, -0.15) is 0 Å². The van der Waals surface area contributed by atoms with Crippen LogP contribution in [-0.4, -0.2) is 23.0 Å². The molecule has 46 heavy (non-hydrogen) atoms. The number of pyridine rings is 3. The molecule has 4 aromatic heterocycles. The standard InChI is InChI=1S/C23H23N2O.C17H22NSi.Ir/c1-13(2)10-17-11-20(24-12-15(17)4)18-8-6-14(3)21-19-9-7-16(5)25-23(19)26-22(18)21;1-13(2)15-11-16(14-9-7-6-8-10-14)18-12-17(15)19(3,4)5;/h6-7,9,11-13H,10H2,1-5H3;6-9,11-13H,1-5H3;/q2*-1;. The van der Waals surface area contributed by atoms with Gasteiger partial charge in [-0.1, -0.05) is 88.5 Å². The molecule has 0 fully saturated rings. The Morgan fingerprint density at radius 3 is 2.24 bits per heavy atom. The van der Waals surface area contributed by atoms with Crippen LogP contribution < -0.4 is 5.19 Å². The molecule has 4 nitrogen and oxygen atoms in total. The predicted octanol–water partition coefficient (Wildman–Crippen LogP) is 10.2. The first-order chi connectivity index (χ1) is 21.3. The normalized spacial score (nSPS) is 11.6. The van der Waals surface area contributed by atoms with Gasteiger partial charge in [0.2, 0.25) is 5.71 Å². The minimum absolute atomic E-state index is 0. The maximum absolute atomic E-state index is 6.17. The Kier molecular flexibility index (Phi) is 11.2. The van der Waals surface area contributed by atoms with Crippen molar-refractivity contribution in [1.29, 1.82) is 0 Å². The largest absolute Gasteiger partial charge is 0.486 e. The van der Waals surface area contributed by atoms with Crippen LogP contribution in [0.2, 0.25) is 19.6 Å². The fraction of sp³-hybridized carbons (Fsp3) is 0.325. The molecule has 0 amide bonds. The van der Waals surface area contributed by atoms with Crippen LogP contribution in [0.25, 0.3) is 44.6 Å². The summed E-state index contributed by atoms with van der Waals surface area (Å²) in [6.45, 7) is 22.3. The van der Waals surface area contributed by atoms with E-state index in [1.165, 1.54) is 21.9 Å². The number of benzene rings is 2. The average Bonchev–Trinajstić information content (AvgIpc) is 3.38. The summed E-state index contributed by atoms with van der Waals surface area (Å²) in [6, 6.07) is 25.3. The number of rotatable bonds is 6. The van der Waals surface area contributed by atoms with E-state index < -0.39 is 8.07 Å². The van der Waals surface area contributed by atoms with Crippen LogP contribution in [0.5, 0.6) is 0 Å². The molecular weight excluding hydrogens is 759 g/mol. The van der Waals surface area contributed by atoms with E-state index >= 15 is 0 Å². The second-order valence-electron chi connectivity index (χ2n) is 13.9. The number of hydrogen-bond acceptors (Lipinski definition) is 4. The van der Waals surface area contributed by atoms with Crippen molar-refractivity contribution in [2.24, 2.45) is 5.92 Å². The molecule has 1 radical (unpaired) electrons. The van der Waals surface area contributed by atoms with Crippen molar-refractivity contribution in [3.8, 4) is 22.5 Å². The summed E-state index contributed by atoms with van der Waals surface area (Å²) in [4.78, 5) is 13.9. The molecule has 0 aliphatic rings. The van der Waals surface area contributed by atoms with Gasteiger partial charge in [0.15, 0.2) is 0 Å². The SMILES string of the molecule is CC(C)c1cc(-c2[c-]cccc2)ncc1[Si](C)(C)C.Cc1ccc2c(n1)oc1c(-c3cc(CC(C)C)c(C)cn3)[c-]cc(C)c12.[Ir]. The third-order valence-corrected chi connectivity index (χ3v) is 10.2. The van der Waals surface area contributed by atoms with E-state index in [9.17, 15) is 0 Å². The summed E-state index contributed by atoms with van der Waals surface area (Å²) in [5.41, 5.74) is 11.5. The summed E-state index contributed by atoms with van der Waals surface area (Å²) in [5.74, 6) is 1.14. The van der Waals surface area contributed by atoms with Gasteiger partial charge < -0.3 is 14.4 Å². The molecule has 0 saturated heterocycles. The van der Waals surface area contributed by atoms with Crippen molar-refractivity contribution in [2.45, 2.75) is 80.4 Å². The van der Waals surface area contributed by atoms with Crippen LogP contribution in [-0.2, 0) is 26.5 Å². The molecule has 0 N–H and O–H groups in total. The molecule has 0 aliphatic carbocycles. The Hall–Kier alpha value is -3.44. The maximum atomic E-state index is 6.17. The van der Waals surface area contributed by atoms with Gasteiger partial charge in [0.05, 0.1) is 13.7 Å². The van der Waals surface area contributed by atoms with E-state index in [4.69, 9.17) is 4.42 Å². The molecule has 4 heterocycles. The molecule has 0 bridgehead atoms. The first-order valence-electron chi connectivity index (χ1n) is 16.0. The first kappa shape index (κ1) is 35.4. The van der Waals surface area contributed by atoms with Crippen LogP contribution in [0.1, 0.15) is 61.6 Å². The van der Waals surface area contributed by atoms with Gasteiger partial charge in [-0.05, 0) is 66.4 Å². The summed E-state index contributed by atoms with van der Waals surface area (Å²) in [7, 11) is -1.34. The predicted molar refractivity (Wildman–Crippen MR) is 192 cm³/mol. The number of nitrogens with zero attached hydrogens (tertiary/aromatic N) is 3. The van der Waals surface area contributed by atoms with E-state index in [2.05, 4.69) is 119 Å². The number of furan rings is 1. The Labute approximate surface area is 289 Å². The number of aromatic nitrogens is 3. The van der Waals surface area contributed by atoms with Gasteiger partial charge >= 0.3 is 0 Å². The van der Waals surface area contributed by atoms with Crippen molar-refractivity contribution in [3.63, 3.8) is 0 Å². The molecule has 241 valence electrons. The molecular formula is C40H45IrN3OSi-2. The summed E-state index contributed by atoms with van der Waals surface area (Å²) in [5, 5.41) is 3.63. The summed E-state index contributed by atoms with van der Waals surface area (Å²) in [6.07, 6.45) is 5.09. The van der Waals surface area contributed by atoms with E-state index in [1.54, 1.807) is 0 Å². The molecule has 6 heteroatoms. The zero-order chi connectivity index (χ0) is 32.5. The van der Waals surface area contributed by atoms with E-state index in [0.717, 1.165) is 56.5 Å². The molecule has 0 unspecified atom stereocenters. The monoisotopic (exact) mass is 804 g/mol. The second kappa shape index (κ2) is 14.5. The molecule has 0 spiro atoms. The Morgan fingerprint density at radius 1 is 0.848 bits per heavy atom. The topological polar surface area (TPSA) is 51.8 Å². The van der Waals surface area contributed by atoms with Crippen molar-refractivity contribution in [3.05, 3.63) is 107 Å². The zero-order valence-electron chi connectivity index (χ0n) is 28.8. The minimum atomic E-state index is -1.34. The van der Waals surface area contributed by atoms with Crippen LogP contribution >= 0.6 is 0 Å². The third-order valence-electron chi connectivity index (χ3n) is 8.20.